The molecular weight excluding hydrogens is 480 g/mol. The molecule has 0 atom stereocenters. The predicted octanol–water partition coefficient (Wildman–Crippen LogP) is 5.89. The number of carbonyl (C=O) groups is 2. The van der Waals surface area contributed by atoms with Crippen LogP contribution in [0.3, 0.4) is 0 Å². The van der Waals surface area contributed by atoms with E-state index in [0.29, 0.717) is 12.2 Å². The summed E-state index contributed by atoms with van der Waals surface area (Å²) in [4.78, 5) is 32.4. The largest absolute Gasteiger partial charge is 0.372 e. The lowest BCUT2D eigenvalue weighted by molar-refractivity contribution is -0.127. The number of aryl methyl sites for hydroxylation is 1. The van der Waals surface area contributed by atoms with E-state index in [1.54, 1.807) is 6.08 Å². The monoisotopic (exact) mass is 514 g/mol. The zero-order chi connectivity index (χ0) is 26.7. The summed E-state index contributed by atoms with van der Waals surface area (Å²) in [5.74, 6) is -0.751. The van der Waals surface area contributed by atoms with Crippen molar-refractivity contribution in [3.63, 3.8) is 0 Å². The second-order valence-corrected chi connectivity index (χ2v) is 9.49. The van der Waals surface area contributed by atoms with Crippen LogP contribution in [0.25, 0.3) is 11.8 Å². The minimum Gasteiger partial charge on any atom is -0.372 e. The molecular formula is C30H34N4O2S. The van der Waals surface area contributed by atoms with E-state index in [4.69, 9.17) is 12.2 Å². The molecule has 1 fully saturated rings. The van der Waals surface area contributed by atoms with Crippen molar-refractivity contribution < 1.29 is 9.59 Å². The first kappa shape index (κ1) is 26.4. The molecule has 0 bridgehead atoms. The highest BCUT2D eigenvalue weighted by Crippen LogP contribution is 2.29. The number of anilines is 2. The molecule has 4 rings (SSSR count). The number of nitrogens with zero attached hydrogens (tertiary/aromatic N) is 4. The zero-order valence-corrected chi connectivity index (χ0v) is 23.0. The lowest BCUT2D eigenvalue weighted by Crippen LogP contribution is -2.56. The fourth-order valence-electron chi connectivity index (χ4n) is 4.89. The van der Waals surface area contributed by atoms with Gasteiger partial charge in [-0.2, -0.15) is 0 Å². The first-order valence-corrected chi connectivity index (χ1v) is 13.2. The van der Waals surface area contributed by atoms with Crippen LogP contribution in [0.5, 0.6) is 0 Å². The molecule has 192 valence electrons. The van der Waals surface area contributed by atoms with E-state index in [1.165, 1.54) is 15.5 Å². The third kappa shape index (κ3) is 4.96. The number of carbonyl (C=O) groups excluding carboxylic acids is 2. The summed E-state index contributed by atoms with van der Waals surface area (Å²) in [7, 11) is 0. The minimum atomic E-state index is -0.401. The summed E-state index contributed by atoms with van der Waals surface area (Å²) in [5.41, 5.74) is 5.80. The van der Waals surface area contributed by atoms with Crippen molar-refractivity contribution in [2.45, 2.75) is 41.0 Å². The second kappa shape index (κ2) is 11.1. The fraction of sp³-hybridized carbons (Fsp3) is 0.300. The van der Waals surface area contributed by atoms with Crippen molar-refractivity contribution in [1.29, 1.82) is 0 Å². The van der Waals surface area contributed by atoms with Crippen molar-refractivity contribution >= 4 is 46.6 Å². The van der Waals surface area contributed by atoms with E-state index in [9.17, 15) is 9.59 Å². The van der Waals surface area contributed by atoms with Gasteiger partial charge in [0.05, 0.1) is 5.69 Å². The Kier molecular flexibility index (Phi) is 7.93. The van der Waals surface area contributed by atoms with Gasteiger partial charge in [0, 0.05) is 42.4 Å². The summed E-state index contributed by atoms with van der Waals surface area (Å²) < 4.78 is 2.15. The molecule has 7 heteroatoms. The number of hydrogen-bond donors (Lipinski definition) is 0. The van der Waals surface area contributed by atoms with Gasteiger partial charge in [-0.3, -0.25) is 19.4 Å². The molecule has 0 saturated carbocycles. The van der Waals surface area contributed by atoms with Crippen LogP contribution in [0.2, 0.25) is 0 Å². The molecule has 2 amide bonds. The lowest BCUT2D eigenvalue weighted by Gasteiger charge is -2.36. The van der Waals surface area contributed by atoms with Crippen molar-refractivity contribution in [2.24, 2.45) is 0 Å². The average Bonchev–Trinajstić information content (AvgIpc) is 3.18. The standard InChI is InChI=1S/C30H34N4O2S/c1-6-18-32-28(35)27(29(36)34(30(32)37)25-12-10-9-11-13-25)20-23-19-21(4)33(22(23)5)26-16-14-24(15-17-26)31(7-2)8-3/h9-17,19-20H,6-8,18H2,1-5H3/b27-20+. The topological polar surface area (TPSA) is 48.8 Å². The Morgan fingerprint density at radius 3 is 2.11 bits per heavy atom. The van der Waals surface area contributed by atoms with E-state index in [2.05, 4.69) is 47.6 Å². The first-order valence-electron chi connectivity index (χ1n) is 12.8. The lowest BCUT2D eigenvalue weighted by atomic mass is 10.1. The fourth-order valence-corrected chi connectivity index (χ4v) is 5.25. The smallest absolute Gasteiger partial charge is 0.270 e. The molecule has 2 heterocycles. The van der Waals surface area contributed by atoms with Crippen LogP contribution in [0.15, 0.2) is 66.2 Å². The third-order valence-electron chi connectivity index (χ3n) is 6.80. The van der Waals surface area contributed by atoms with Crippen molar-refractivity contribution in [3.05, 3.63) is 83.2 Å². The van der Waals surface area contributed by atoms with Gasteiger partial charge in [-0.05, 0) is 100 Å². The molecule has 0 spiro atoms. The van der Waals surface area contributed by atoms with E-state index in [1.807, 2.05) is 57.2 Å². The van der Waals surface area contributed by atoms with Gasteiger partial charge in [-0.1, -0.05) is 25.1 Å². The summed E-state index contributed by atoms with van der Waals surface area (Å²) in [5, 5.41) is 0.221. The number of amides is 2. The van der Waals surface area contributed by atoms with Gasteiger partial charge in [0.25, 0.3) is 11.8 Å². The Balaban J connectivity index is 1.75. The Labute approximate surface area is 224 Å². The number of hydrogen-bond acceptors (Lipinski definition) is 4. The molecule has 0 radical (unpaired) electrons. The van der Waals surface area contributed by atoms with Crippen molar-refractivity contribution in [1.82, 2.24) is 9.47 Å². The molecule has 0 aliphatic carbocycles. The molecule has 1 aromatic heterocycles. The van der Waals surface area contributed by atoms with Crippen LogP contribution in [0.4, 0.5) is 11.4 Å². The van der Waals surface area contributed by atoms with Crippen LogP contribution in [-0.4, -0.2) is 46.0 Å². The molecule has 1 saturated heterocycles. The molecule has 2 aromatic carbocycles. The van der Waals surface area contributed by atoms with Crippen LogP contribution in [0, 0.1) is 13.8 Å². The summed E-state index contributed by atoms with van der Waals surface area (Å²) in [6, 6.07) is 19.8. The number of aromatic nitrogens is 1. The highest BCUT2D eigenvalue weighted by atomic mass is 32.1. The number of rotatable bonds is 8. The molecule has 1 aliphatic heterocycles. The van der Waals surface area contributed by atoms with Crippen LogP contribution < -0.4 is 9.80 Å². The summed E-state index contributed by atoms with van der Waals surface area (Å²) >= 11 is 5.60. The summed E-state index contributed by atoms with van der Waals surface area (Å²) in [6.45, 7) is 12.7. The number of thiocarbonyl (C=S) groups is 1. The van der Waals surface area contributed by atoms with Gasteiger partial charge >= 0.3 is 0 Å². The maximum Gasteiger partial charge on any atom is 0.270 e. The Hall–Kier alpha value is -3.71. The Morgan fingerprint density at radius 2 is 1.51 bits per heavy atom. The molecule has 3 aromatic rings. The van der Waals surface area contributed by atoms with Crippen LogP contribution >= 0.6 is 12.2 Å². The minimum absolute atomic E-state index is 0.114. The van der Waals surface area contributed by atoms with Gasteiger partial charge < -0.3 is 9.47 Å². The quantitative estimate of drug-likeness (QED) is 0.214. The predicted molar refractivity (Wildman–Crippen MR) is 155 cm³/mol. The molecule has 1 aliphatic rings. The van der Waals surface area contributed by atoms with Gasteiger partial charge in [0.2, 0.25) is 0 Å². The number of benzene rings is 2. The van der Waals surface area contributed by atoms with Gasteiger partial charge in [-0.15, -0.1) is 0 Å². The normalized spacial score (nSPS) is 15.2. The van der Waals surface area contributed by atoms with Gasteiger partial charge in [0.1, 0.15) is 5.57 Å². The second-order valence-electron chi connectivity index (χ2n) is 9.12. The molecule has 6 nitrogen and oxygen atoms in total. The number of para-hydroxylation sites is 1. The molecule has 0 N–H and O–H groups in total. The maximum atomic E-state index is 13.6. The van der Waals surface area contributed by atoms with Crippen molar-refractivity contribution in [2.75, 3.05) is 29.4 Å². The first-order chi connectivity index (χ1) is 17.8. The SMILES string of the molecule is CCCN1C(=O)/C(=C\c2cc(C)n(-c3ccc(N(CC)CC)cc3)c2C)C(=O)N(c2ccccc2)C1=S. The maximum absolute atomic E-state index is 13.6. The van der Waals surface area contributed by atoms with E-state index >= 15 is 0 Å². The highest BCUT2D eigenvalue weighted by molar-refractivity contribution is 7.80. The Bertz CT molecular complexity index is 1340. The Morgan fingerprint density at radius 1 is 0.865 bits per heavy atom. The van der Waals surface area contributed by atoms with Crippen molar-refractivity contribution in [3.8, 4) is 5.69 Å². The highest BCUT2D eigenvalue weighted by Gasteiger charge is 2.40. The van der Waals surface area contributed by atoms with E-state index in [-0.39, 0.29) is 16.6 Å². The zero-order valence-electron chi connectivity index (χ0n) is 22.2. The average molecular weight is 515 g/mol. The van der Waals surface area contributed by atoms with E-state index in [0.717, 1.165) is 42.1 Å². The molecule has 37 heavy (non-hydrogen) atoms. The van der Waals surface area contributed by atoms with E-state index < -0.39 is 5.91 Å². The third-order valence-corrected chi connectivity index (χ3v) is 7.20. The molecule has 0 unspecified atom stereocenters. The van der Waals surface area contributed by atoms with Crippen LogP contribution in [0.1, 0.15) is 44.1 Å². The van der Waals surface area contributed by atoms with Gasteiger partial charge in [0.15, 0.2) is 5.11 Å². The van der Waals surface area contributed by atoms with Crippen LogP contribution in [-0.2, 0) is 9.59 Å². The summed E-state index contributed by atoms with van der Waals surface area (Å²) in [6.07, 6.45) is 2.45. The van der Waals surface area contributed by atoms with Gasteiger partial charge in [-0.25, -0.2) is 0 Å².